The van der Waals surface area contributed by atoms with E-state index in [1.807, 2.05) is 32.9 Å². The molecule has 0 unspecified atom stereocenters. The van der Waals surface area contributed by atoms with Crippen LogP contribution in [-0.4, -0.2) is 57.6 Å². The molecule has 186 valence electrons. The number of hydrogen-bond donors (Lipinski definition) is 1. The highest BCUT2D eigenvalue weighted by Gasteiger charge is 2.31. The summed E-state index contributed by atoms with van der Waals surface area (Å²) in [5.41, 5.74) is 2.01. The number of likely N-dealkylation sites (N-methyl/N-ethyl adjacent to an activating group) is 1. The lowest BCUT2D eigenvalue weighted by atomic mass is 10.1. The number of benzene rings is 2. The van der Waals surface area contributed by atoms with E-state index in [0.29, 0.717) is 24.4 Å². The van der Waals surface area contributed by atoms with Crippen LogP contribution in [0.25, 0.3) is 0 Å². The van der Waals surface area contributed by atoms with E-state index in [4.69, 9.17) is 4.74 Å². The monoisotopic (exact) mass is 553 g/mol. The van der Waals surface area contributed by atoms with Crippen LogP contribution in [0.2, 0.25) is 0 Å². The van der Waals surface area contributed by atoms with Crippen molar-refractivity contribution in [3.8, 4) is 5.75 Å². The van der Waals surface area contributed by atoms with E-state index in [1.54, 1.807) is 37.4 Å². The predicted octanol–water partition coefficient (Wildman–Crippen LogP) is 3.48. The summed E-state index contributed by atoms with van der Waals surface area (Å²) in [4.78, 5) is 27.8. The maximum atomic E-state index is 13.6. The molecule has 34 heavy (non-hydrogen) atoms. The minimum atomic E-state index is -3.77. The van der Waals surface area contributed by atoms with Crippen LogP contribution in [0.1, 0.15) is 31.4 Å². The number of nitrogens with zero attached hydrogens (tertiary/aromatic N) is 2. The Labute approximate surface area is 210 Å². The molecule has 0 saturated carbocycles. The number of nitrogens with one attached hydrogen (secondary N) is 1. The highest BCUT2D eigenvalue weighted by molar-refractivity contribution is 9.10. The Kier molecular flexibility index (Phi) is 9.93. The molecule has 0 aromatic heterocycles. The summed E-state index contributed by atoms with van der Waals surface area (Å²) in [6.07, 6.45) is 1.44. The van der Waals surface area contributed by atoms with Crippen molar-refractivity contribution in [3.63, 3.8) is 0 Å². The van der Waals surface area contributed by atoms with E-state index in [9.17, 15) is 18.0 Å². The van der Waals surface area contributed by atoms with E-state index in [2.05, 4.69) is 21.2 Å². The Balaban J connectivity index is 2.44. The van der Waals surface area contributed by atoms with Crippen molar-refractivity contribution in [1.82, 2.24) is 10.2 Å². The van der Waals surface area contributed by atoms with Gasteiger partial charge in [-0.3, -0.25) is 13.9 Å². The highest BCUT2D eigenvalue weighted by atomic mass is 79.9. The zero-order chi connectivity index (χ0) is 25.5. The van der Waals surface area contributed by atoms with Crippen LogP contribution in [0, 0.1) is 6.92 Å². The summed E-state index contributed by atoms with van der Waals surface area (Å²) in [5.74, 6) is -0.0802. The number of carbonyl (C=O) groups excluding carboxylic acids is 2. The van der Waals surface area contributed by atoms with Crippen LogP contribution in [0.5, 0.6) is 5.75 Å². The lowest BCUT2D eigenvalue weighted by Gasteiger charge is -2.33. The zero-order valence-corrected chi connectivity index (χ0v) is 22.6. The first kappa shape index (κ1) is 27.7. The fraction of sp³-hybridized carbons (Fsp3) is 0.417. The standard InChI is InChI=1S/C24H32BrN3O5S/c1-6-22(24(30)26-7-2)27(15-18-8-11-20(33-4)12-9-18)23(29)16-28(34(5,31)32)19-10-13-21(25)17(3)14-19/h8-14,22H,6-7,15-16H2,1-5H3,(H,26,30)/t22-/m0/s1. The third-order valence-electron chi connectivity index (χ3n) is 5.36. The lowest BCUT2D eigenvalue weighted by Crippen LogP contribution is -2.52. The molecule has 2 rings (SSSR count). The molecule has 0 radical (unpaired) electrons. The van der Waals surface area contributed by atoms with Crippen molar-refractivity contribution in [2.75, 3.05) is 30.8 Å². The van der Waals surface area contributed by atoms with Crippen molar-refractivity contribution >= 4 is 43.5 Å². The van der Waals surface area contributed by atoms with E-state index in [1.165, 1.54) is 4.90 Å². The molecule has 2 aromatic carbocycles. The highest BCUT2D eigenvalue weighted by Crippen LogP contribution is 2.25. The van der Waals surface area contributed by atoms with Gasteiger partial charge in [-0.2, -0.15) is 0 Å². The Morgan fingerprint density at radius 3 is 2.26 bits per heavy atom. The van der Waals surface area contributed by atoms with E-state index >= 15 is 0 Å². The second-order valence-electron chi connectivity index (χ2n) is 7.89. The third-order valence-corrected chi connectivity index (χ3v) is 7.39. The maximum absolute atomic E-state index is 13.6. The van der Waals surface area contributed by atoms with Gasteiger partial charge in [-0.25, -0.2) is 8.42 Å². The number of rotatable bonds is 11. The maximum Gasteiger partial charge on any atom is 0.244 e. The first-order valence-electron chi connectivity index (χ1n) is 11.0. The van der Waals surface area contributed by atoms with Crippen molar-refractivity contribution in [3.05, 3.63) is 58.1 Å². The molecule has 0 saturated heterocycles. The minimum Gasteiger partial charge on any atom is -0.497 e. The molecule has 10 heteroatoms. The SMILES string of the molecule is CCNC(=O)[C@H](CC)N(Cc1ccc(OC)cc1)C(=O)CN(c1ccc(Br)c(C)c1)S(C)(=O)=O. The number of ether oxygens (including phenoxy) is 1. The molecule has 0 fully saturated rings. The summed E-state index contributed by atoms with van der Waals surface area (Å²) >= 11 is 3.41. The largest absolute Gasteiger partial charge is 0.497 e. The summed E-state index contributed by atoms with van der Waals surface area (Å²) in [5, 5.41) is 2.77. The van der Waals surface area contributed by atoms with Gasteiger partial charge >= 0.3 is 0 Å². The fourth-order valence-corrected chi connectivity index (χ4v) is 4.62. The second kappa shape index (κ2) is 12.2. The second-order valence-corrected chi connectivity index (χ2v) is 10.7. The molecule has 2 amide bonds. The van der Waals surface area contributed by atoms with Gasteiger partial charge in [0, 0.05) is 17.6 Å². The van der Waals surface area contributed by atoms with Crippen molar-refractivity contribution in [1.29, 1.82) is 0 Å². The number of methoxy groups -OCH3 is 1. The van der Waals surface area contributed by atoms with Crippen molar-refractivity contribution < 1.29 is 22.7 Å². The van der Waals surface area contributed by atoms with Crippen molar-refractivity contribution in [2.45, 2.75) is 39.8 Å². The third kappa shape index (κ3) is 7.20. The quantitative estimate of drug-likeness (QED) is 0.459. The van der Waals surface area contributed by atoms with Gasteiger partial charge in [0.1, 0.15) is 18.3 Å². The molecule has 1 atom stereocenters. The number of halogens is 1. The number of aryl methyl sites for hydroxylation is 1. The molecule has 0 bridgehead atoms. The van der Waals surface area contributed by atoms with Crippen LogP contribution in [0.3, 0.4) is 0 Å². The van der Waals surface area contributed by atoms with Crippen molar-refractivity contribution in [2.24, 2.45) is 0 Å². The van der Waals surface area contributed by atoms with Gasteiger partial charge in [-0.1, -0.05) is 35.0 Å². The van der Waals surface area contributed by atoms with E-state index < -0.39 is 28.5 Å². The Morgan fingerprint density at radius 2 is 1.76 bits per heavy atom. The molecule has 0 aliphatic carbocycles. The Morgan fingerprint density at radius 1 is 1.12 bits per heavy atom. The molecule has 0 spiro atoms. The average molecular weight is 555 g/mol. The predicted molar refractivity (Wildman–Crippen MR) is 137 cm³/mol. The summed E-state index contributed by atoms with van der Waals surface area (Å²) in [6.45, 7) is 5.62. The fourth-order valence-electron chi connectivity index (χ4n) is 3.54. The van der Waals surface area contributed by atoms with Crippen LogP contribution in [0.4, 0.5) is 5.69 Å². The van der Waals surface area contributed by atoms with Gasteiger partial charge in [0.15, 0.2) is 0 Å². The zero-order valence-electron chi connectivity index (χ0n) is 20.2. The molecular formula is C24H32BrN3O5S. The Bertz CT molecular complexity index is 1110. The number of amides is 2. The summed E-state index contributed by atoms with van der Waals surface area (Å²) in [6, 6.07) is 11.5. The number of carbonyl (C=O) groups is 2. The molecule has 2 aromatic rings. The van der Waals surface area contributed by atoms with Gasteiger partial charge in [-0.15, -0.1) is 0 Å². The first-order chi connectivity index (χ1) is 16.0. The van der Waals surface area contributed by atoms with E-state index in [-0.39, 0.29) is 12.5 Å². The molecular weight excluding hydrogens is 522 g/mol. The van der Waals surface area contributed by atoms with E-state index in [0.717, 1.165) is 26.2 Å². The van der Waals surface area contributed by atoms with Gasteiger partial charge < -0.3 is 15.0 Å². The number of anilines is 1. The van der Waals surface area contributed by atoms with Crippen LogP contribution < -0.4 is 14.4 Å². The number of sulfonamides is 1. The van der Waals surface area contributed by atoms with Crippen LogP contribution in [-0.2, 0) is 26.2 Å². The molecule has 8 nitrogen and oxygen atoms in total. The summed E-state index contributed by atoms with van der Waals surface area (Å²) in [7, 11) is -2.20. The van der Waals surface area contributed by atoms with Gasteiger partial charge in [-0.05, 0) is 61.7 Å². The topological polar surface area (TPSA) is 96.0 Å². The van der Waals surface area contributed by atoms with Gasteiger partial charge in [0.05, 0.1) is 19.1 Å². The molecule has 0 aliphatic heterocycles. The smallest absolute Gasteiger partial charge is 0.244 e. The van der Waals surface area contributed by atoms with Gasteiger partial charge in [0.25, 0.3) is 0 Å². The molecule has 1 N–H and O–H groups in total. The molecule has 0 heterocycles. The minimum absolute atomic E-state index is 0.148. The number of hydrogen-bond acceptors (Lipinski definition) is 5. The van der Waals surface area contributed by atoms with Crippen LogP contribution in [0.15, 0.2) is 46.9 Å². The molecule has 0 aliphatic rings. The Hall–Kier alpha value is -2.59. The lowest BCUT2D eigenvalue weighted by molar-refractivity contribution is -0.140. The first-order valence-corrected chi connectivity index (χ1v) is 13.6. The normalized spacial score (nSPS) is 12.1. The average Bonchev–Trinajstić information content (AvgIpc) is 2.79. The summed E-state index contributed by atoms with van der Waals surface area (Å²) < 4.78 is 32.4. The van der Waals surface area contributed by atoms with Gasteiger partial charge in [0.2, 0.25) is 21.8 Å². The van der Waals surface area contributed by atoms with Crippen LogP contribution >= 0.6 is 15.9 Å².